The lowest BCUT2D eigenvalue weighted by Gasteiger charge is -2.10. The van der Waals surface area contributed by atoms with Crippen molar-refractivity contribution in [2.75, 3.05) is 19.0 Å². The van der Waals surface area contributed by atoms with Crippen LogP contribution in [0.4, 0.5) is 11.5 Å². The number of ether oxygens (including phenoxy) is 2. The zero-order chi connectivity index (χ0) is 15.2. The topological polar surface area (TPSA) is 56.3 Å². The van der Waals surface area contributed by atoms with Gasteiger partial charge in [0.15, 0.2) is 5.82 Å². The lowest BCUT2D eigenvalue weighted by atomic mass is 10.3. The van der Waals surface area contributed by atoms with Gasteiger partial charge in [-0.1, -0.05) is 23.2 Å². The van der Waals surface area contributed by atoms with Crippen LogP contribution >= 0.6 is 23.2 Å². The number of rotatable bonds is 6. The number of hydrogen-bond acceptors (Lipinski definition) is 5. The molecular weight excluding hydrogens is 313 g/mol. The first-order chi connectivity index (χ1) is 10.1. The third-order valence-corrected chi connectivity index (χ3v) is 3.11. The standard InChI is InChI=1S/C14H15Cl2N3O2/c1-3-21-8-14-18-12(16)7-13(19-14)17-9-4-5-10(15)11(6-9)20-2/h4-7H,3,8H2,1-2H3,(H,17,18,19). The van der Waals surface area contributed by atoms with Crippen LogP contribution in [0, 0.1) is 0 Å². The molecule has 0 amide bonds. The first-order valence-corrected chi connectivity index (χ1v) is 7.09. The lowest BCUT2D eigenvalue weighted by Crippen LogP contribution is -2.03. The quantitative estimate of drug-likeness (QED) is 0.810. The number of anilines is 2. The number of halogens is 2. The summed E-state index contributed by atoms with van der Waals surface area (Å²) < 4.78 is 10.5. The Balaban J connectivity index is 2.20. The fraction of sp³-hybridized carbons (Fsp3) is 0.286. The first-order valence-electron chi connectivity index (χ1n) is 6.34. The predicted molar refractivity (Wildman–Crippen MR) is 83.7 cm³/mol. The average molecular weight is 328 g/mol. The van der Waals surface area contributed by atoms with Gasteiger partial charge in [0.2, 0.25) is 0 Å². The Morgan fingerprint density at radius 2 is 2.00 bits per heavy atom. The van der Waals surface area contributed by atoms with E-state index in [9.17, 15) is 0 Å². The largest absolute Gasteiger partial charge is 0.495 e. The molecule has 112 valence electrons. The van der Waals surface area contributed by atoms with Gasteiger partial charge in [-0.2, -0.15) is 0 Å². The number of nitrogens with one attached hydrogen (secondary N) is 1. The summed E-state index contributed by atoms with van der Waals surface area (Å²) in [5.41, 5.74) is 0.786. The van der Waals surface area contributed by atoms with Gasteiger partial charge in [-0.05, 0) is 19.1 Å². The van der Waals surface area contributed by atoms with Gasteiger partial charge in [0.1, 0.15) is 23.3 Å². The van der Waals surface area contributed by atoms with Crippen LogP contribution in [-0.4, -0.2) is 23.7 Å². The Labute approximate surface area is 133 Å². The molecule has 21 heavy (non-hydrogen) atoms. The molecule has 0 aliphatic carbocycles. The molecule has 0 bridgehead atoms. The maximum Gasteiger partial charge on any atom is 0.158 e. The van der Waals surface area contributed by atoms with Crippen LogP contribution in [-0.2, 0) is 11.3 Å². The summed E-state index contributed by atoms with van der Waals surface area (Å²) in [6.07, 6.45) is 0. The molecule has 0 aliphatic rings. The zero-order valence-electron chi connectivity index (χ0n) is 11.7. The van der Waals surface area contributed by atoms with Crippen LogP contribution in [0.1, 0.15) is 12.7 Å². The van der Waals surface area contributed by atoms with Crippen LogP contribution in [0.25, 0.3) is 0 Å². The van der Waals surface area contributed by atoms with E-state index < -0.39 is 0 Å². The molecular formula is C14H15Cl2N3O2. The Morgan fingerprint density at radius 3 is 2.71 bits per heavy atom. The second kappa shape index (κ2) is 7.45. The number of benzene rings is 1. The SMILES string of the molecule is CCOCc1nc(Cl)cc(Nc2ccc(Cl)c(OC)c2)n1. The number of aromatic nitrogens is 2. The summed E-state index contributed by atoms with van der Waals surface area (Å²) in [5.74, 6) is 1.68. The summed E-state index contributed by atoms with van der Waals surface area (Å²) in [7, 11) is 1.56. The number of methoxy groups -OCH3 is 1. The minimum Gasteiger partial charge on any atom is -0.495 e. The number of hydrogen-bond donors (Lipinski definition) is 1. The van der Waals surface area contributed by atoms with Crippen molar-refractivity contribution in [1.82, 2.24) is 9.97 Å². The second-order valence-electron chi connectivity index (χ2n) is 4.10. The molecule has 0 saturated carbocycles. The highest BCUT2D eigenvalue weighted by atomic mass is 35.5. The van der Waals surface area contributed by atoms with E-state index in [0.29, 0.717) is 40.8 Å². The molecule has 1 heterocycles. The van der Waals surface area contributed by atoms with Crippen LogP contribution < -0.4 is 10.1 Å². The summed E-state index contributed by atoms with van der Waals surface area (Å²) in [6, 6.07) is 6.98. The molecule has 5 nitrogen and oxygen atoms in total. The minimum absolute atomic E-state index is 0.315. The van der Waals surface area contributed by atoms with Crippen LogP contribution in [0.5, 0.6) is 5.75 Å². The van der Waals surface area contributed by atoms with Crippen LogP contribution in [0.3, 0.4) is 0 Å². The summed E-state index contributed by atoms with van der Waals surface area (Å²) >= 11 is 12.0. The van der Waals surface area contributed by atoms with Crippen molar-refractivity contribution in [3.63, 3.8) is 0 Å². The lowest BCUT2D eigenvalue weighted by molar-refractivity contribution is 0.128. The molecule has 1 N–H and O–H groups in total. The Bertz CT molecular complexity index is 623. The maximum atomic E-state index is 5.99. The molecule has 7 heteroatoms. The Morgan fingerprint density at radius 1 is 1.19 bits per heavy atom. The van der Waals surface area contributed by atoms with E-state index in [2.05, 4.69) is 15.3 Å². The zero-order valence-corrected chi connectivity index (χ0v) is 13.2. The minimum atomic E-state index is 0.315. The average Bonchev–Trinajstić information content (AvgIpc) is 2.46. The van der Waals surface area contributed by atoms with E-state index in [-0.39, 0.29) is 0 Å². The third-order valence-electron chi connectivity index (χ3n) is 2.60. The van der Waals surface area contributed by atoms with Gasteiger partial charge >= 0.3 is 0 Å². The first kappa shape index (κ1) is 15.8. The van der Waals surface area contributed by atoms with Gasteiger partial charge in [0.25, 0.3) is 0 Å². The predicted octanol–water partition coefficient (Wildman–Crippen LogP) is 4.07. The monoisotopic (exact) mass is 327 g/mol. The van der Waals surface area contributed by atoms with Gasteiger partial charge in [0.05, 0.1) is 12.1 Å². The molecule has 0 unspecified atom stereocenters. The van der Waals surface area contributed by atoms with Gasteiger partial charge in [-0.25, -0.2) is 9.97 Å². The number of nitrogens with zero attached hydrogens (tertiary/aromatic N) is 2. The molecule has 0 saturated heterocycles. The third kappa shape index (κ3) is 4.46. The molecule has 0 spiro atoms. The van der Waals surface area contributed by atoms with E-state index in [1.54, 1.807) is 25.3 Å². The van der Waals surface area contributed by atoms with E-state index >= 15 is 0 Å². The molecule has 2 rings (SSSR count). The Kier molecular flexibility index (Phi) is 5.61. The normalized spacial score (nSPS) is 10.5. The van der Waals surface area contributed by atoms with E-state index in [4.69, 9.17) is 32.7 Å². The van der Waals surface area contributed by atoms with Gasteiger partial charge in [0, 0.05) is 24.4 Å². The Hall–Kier alpha value is -1.56. The molecule has 0 atom stereocenters. The van der Waals surface area contributed by atoms with Gasteiger partial charge < -0.3 is 14.8 Å². The highest BCUT2D eigenvalue weighted by molar-refractivity contribution is 6.32. The molecule has 0 radical (unpaired) electrons. The second-order valence-corrected chi connectivity index (χ2v) is 4.90. The molecule has 2 aromatic rings. The smallest absolute Gasteiger partial charge is 0.158 e. The van der Waals surface area contributed by atoms with Crippen LogP contribution in [0.15, 0.2) is 24.3 Å². The van der Waals surface area contributed by atoms with E-state index in [1.165, 1.54) is 0 Å². The molecule has 0 fully saturated rings. The van der Waals surface area contributed by atoms with Crippen molar-refractivity contribution in [2.24, 2.45) is 0 Å². The summed E-state index contributed by atoms with van der Waals surface area (Å²) in [4.78, 5) is 8.44. The van der Waals surface area contributed by atoms with Crippen molar-refractivity contribution in [1.29, 1.82) is 0 Å². The highest BCUT2D eigenvalue weighted by Crippen LogP contribution is 2.29. The van der Waals surface area contributed by atoms with E-state index in [1.807, 2.05) is 13.0 Å². The fourth-order valence-corrected chi connectivity index (χ4v) is 2.07. The molecule has 1 aromatic carbocycles. The highest BCUT2D eigenvalue weighted by Gasteiger charge is 2.06. The fourth-order valence-electron chi connectivity index (χ4n) is 1.67. The van der Waals surface area contributed by atoms with Crippen molar-refractivity contribution in [3.8, 4) is 5.75 Å². The summed E-state index contributed by atoms with van der Waals surface area (Å²) in [5, 5.41) is 4.03. The van der Waals surface area contributed by atoms with E-state index in [0.717, 1.165) is 5.69 Å². The van der Waals surface area contributed by atoms with Crippen molar-refractivity contribution in [2.45, 2.75) is 13.5 Å². The van der Waals surface area contributed by atoms with Crippen molar-refractivity contribution >= 4 is 34.7 Å². The van der Waals surface area contributed by atoms with Gasteiger partial charge in [-0.15, -0.1) is 0 Å². The van der Waals surface area contributed by atoms with Crippen molar-refractivity contribution in [3.05, 3.63) is 40.3 Å². The molecule has 1 aromatic heterocycles. The molecule has 0 aliphatic heterocycles. The van der Waals surface area contributed by atoms with Crippen LogP contribution in [0.2, 0.25) is 10.2 Å². The van der Waals surface area contributed by atoms with Crippen molar-refractivity contribution < 1.29 is 9.47 Å². The summed E-state index contributed by atoms with van der Waals surface area (Å²) in [6.45, 7) is 2.81. The maximum absolute atomic E-state index is 5.99. The van der Waals surface area contributed by atoms with Gasteiger partial charge in [-0.3, -0.25) is 0 Å².